The molecule has 1 aromatic heterocycles. The molecule has 0 aliphatic heterocycles. The van der Waals surface area contributed by atoms with E-state index in [0.29, 0.717) is 6.61 Å². The lowest BCUT2D eigenvalue weighted by Crippen LogP contribution is -2.23. The molecule has 0 spiro atoms. The quantitative estimate of drug-likeness (QED) is 0.576. The van der Waals surface area contributed by atoms with Crippen molar-refractivity contribution >= 4 is 17.3 Å². The highest BCUT2D eigenvalue weighted by Crippen LogP contribution is 2.24. The number of esters is 1. The second-order valence-corrected chi connectivity index (χ2v) is 5.74. The molecule has 2 aromatic rings. The average Bonchev–Trinajstić information content (AvgIpc) is 2.99. The van der Waals surface area contributed by atoms with E-state index in [4.69, 9.17) is 9.47 Å². The van der Waals surface area contributed by atoms with Crippen LogP contribution in [0.15, 0.2) is 42.3 Å². The molecular weight excluding hydrogens is 298 g/mol. The Morgan fingerprint density at radius 1 is 1.41 bits per heavy atom. The third-order valence-electron chi connectivity index (χ3n) is 3.01. The molecule has 0 fully saturated rings. The number of hydrogen-bond donors (Lipinski definition) is 0. The van der Waals surface area contributed by atoms with E-state index < -0.39 is 12.1 Å². The number of rotatable bonds is 7. The van der Waals surface area contributed by atoms with Crippen LogP contribution in [0.2, 0.25) is 0 Å². The second kappa shape index (κ2) is 7.87. The lowest BCUT2D eigenvalue weighted by atomic mass is 10.2. The first kappa shape index (κ1) is 16.4. The lowest BCUT2D eigenvalue weighted by molar-refractivity contribution is -0.156. The Bertz CT molecular complexity index is 634. The van der Waals surface area contributed by atoms with Crippen LogP contribution in [-0.2, 0) is 20.9 Å². The predicted molar refractivity (Wildman–Crippen MR) is 87.7 cm³/mol. The van der Waals surface area contributed by atoms with Crippen LogP contribution in [0.5, 0.6) is 0 Å². The van der Waals surface area contributed by atoms with Gasteiger partial charge in [0.05, 0.1) is 12.3 Å². The van der Waals surface area contributed by atoms with E-state index in [2.05, 4.69) is 23.7 Å². The summed E-state index contributed by atoms with van der Waals surface area (Å²) in [5.74, 6) is -0.397. The van der Waals surface area contributed by atoms with E-state index >= 15 is 0 Å². The van der Waals surface area contributed by atoms with E-state index in [1.165, 1.54) is 16.9 Å². The number of aromatic nitrogens is 1. The molecule has 4 nitrogen and oxygen atoms in total. The average molecular weight is 317 g/mol. The zero-order chi connectivity index (χ0) is 15.9. The Morgan fingerprint density at radius 2 is 2.14 bits per heavy atom. The molecule has 1 heterocycles. The van der Waals surface area contributed by atoms with Crippen molar-refractivity contribution in [2.24, 2.45) is 0 Å². The van der Waals surface area contributed by atoms with Crippen LogP contribution in [-0.4, -0.2) is 23.7 Å². The molecule has 0 saturated carbocycles. The molecule has 0 bridgehead atoms. The number of aryl methyl sites for hydroxylation is 1. The summed E-state index contributed by atoms with van der Waals surface area (Å²) in [4.78, 5) is 16.2. The summed E-state index contributed by atoms with van der Waals surface area (Å²) >= 11 is 1.54. The van der Waals surface area contributed by atoms with Gasteiger partial charge < -0.3 is 9.47 Å². The molecule has 0 N–H and O–H groups in total. The van der Waals surface area contributed by atoms with Gasteiger partial charge in [0.25, 0.3) is 0 Å². The molecule has 116 valence electrons. The van der Waals surface area contributed by atoms with Crippen molar-refractivity contribution in [3.05, 3.63) is 53.6 Å². The number of carbonyl (C=O) groups is 1. The number of ether oxygens (including phenoxy) is 2. The van der Waals surface area contributed by atoms with Gasteiger partial charge in [-0.2, -0.15) is 0 Å². The maximum atomic E-state index is 11.7. The molecule has 2 rings (SSSR count). The van der Waals surface area contributed by atoms with Crippen LogP contribution in [0, 0.1) is 6.92 Å². The van der Waals surface area contributed by atoms with Crippen molar-refractivity contribution in [3.8, 4) is 10.6 Å². The Labute approximate surface area is 134 Å². The summed E-state index contributed by atoms with van der Waals surface area (Å²) < 4.78 is 10.4. The van der Waals surface area contributed by atoms with Gasteiger partial charge in [-0.05, 0) is 13.8 Å². The van der Waals surface area contributed by atoms with Crippen LogP contribution in [0.25, 0.3) is 10.6 Å². The monoisotopic (exact) mass is 317 g/mol. The second-order valence-electron chi connectivity index (χ2n) is 4.88. The molecular formula is C17H19NO3S. The van der Waals surface area contributed by atoms with Gasteiger partial charge >= 0.3 is 5.97 Å². The molecule has 1 atom stereocenters. The Kier molecular flexibility index (Phi) is 5.86. The zero-order valence-corrected chi connectivity index (χ0v) is 13.6. The fourth-order valence-electron chi connectivity index (χ4n) is 1.74. The minimum Gasteiger partial charge on any atom is -0.457 e. The highest BCUT2D eigenvalue weighted by molar-refractivity contribution is 7.13. The summed E-state index contributed by atoms with van der Waals surface area (Å²) in [6, 6.07) is 8.18. The molecule has 0 saturated heterocycles. The van der Waals surface area contributed by atoms with Crippen molar-refractivity contribution in [1.29, 1.82) is 0 Å². The Morgan fingerprint density at radius 3 is 2.82 bits per heavy atom. The number of hydrogen-bond acceptors (Lipinski definition) is 5. The summed E-state index contributed by atoms with van der Waals surface area (Å²) in [7, 11) is 0. The zero-order valence-electron chi connectivity index (χ0n) is 12.7. The SMILES string of the molecule is C=CCOC(C)C(=O)OCc1csc(-c2ccc(C)cc2)n1. The minimum atomic E-state index is -0.604. The molecule has 1 unspecified atom stereocenters. The topological polar surface area (TPSA) is 48.4 Å². The normalized spacial score (nSPS) is 11.9. The fourth-order valence-corrected chi connectivity index (χ4v) is 2.56. The number of nitrogens with zero attached hydrogens (tertiary/aromatic N) is 1. The summed E-state index contributed by atoms with van der Waals surface area (Å²) in [6.45, 7) is 7.72. The van der Waals surface area contributed by atoms with Crippen molar-refractivity contribution in [2.75, 3.05) is 6.61 Å². The Hall–Kier alpha value is -1.98. The van der Waals surface area contributed by atoms with Crippen LogP contribution >= 0.6 is 11.3 Å². The van der Waals surface area contributed by atoms with Crippen LogP contribution in [0.1, 0.15) is 18.2 Å². The molecule has 5 heteroatoms. The summed E-state index contributed by atoms with van der Waals surface area (Å²) in [5, 5.41) is 2.82. The van der Waals surface area contributed by atoms with Gasteiger partial charge in [0.1, 0.15) is 11.6 Å². The molecule has 0 aliphatic carbocycles. The van der Waals surface area contributed by atoms with Gasteiger partial charge in [-0.1, -0.05) is 35.9 Å². The van der Waals surface area contributed by atoms with Crippen LogP contribution in [0.4, 0.5) is 0 Å². The first-order chi connectivity index (χ1) is 10.6. The number of benzene rings is 1. The maximum absolute atomic E-state index is 11.7. The van der Waals surface area contributed by atoms with Crippen molar-refractivity contribution in [1.82, 2.24) is 4.98 Å². The van der Waals surface area contributed by atoms with Crippen LogP contribution in [0.3, 0.4) is 0 Å². The predicted octanol–water partition coefficient (Wildman–Crippen LogP) is 3.75. The van der Waals surface area contributed by atoms with Gasteiger partial charge in [-0.3, -0.25) is 0 Å². The van der Waals surface area contributed by atoms with E-state index in [-0.39, 0.29) is 6.61 Å². The van der Waals surface area contributed by atoms with E-state index in [9.17, 15) is 4.79 Å². The third kappa shape index (κ3) is 4.51. The van der Waals surface area contributed by atoms with Gasteiger partial charge in [0, 0.05) is 10.9 Å². The summed E-state index contributed by atoms with van der Waals surface area (Å²) in [6.07, 6.45) is 0.992. The smallest absolute Gasteiger partial charge is 0.335 e. The van der Waals surface area contributed by atoms with Gasteiger partial charge in [-0.25, -0.2) is 9.78 Å². The standard InChI is InChI=1S/C17H19NO3S/c1-4-9-20-13(3)17(19)21-10-15-11-22-16(18-15)14-7-5-12(2)6-8-14/h4-8,11,13H,1,9-10H2,2-3H3. The van der Waals surface area contributed by atoms with Gasteiger partial charge in [0.15, 0.2) is 6.10 Å². The first-order valence-corrected chi connectivity index (χ1v) is 7.88. The van der Waals surface area contributed by atoms with Crippen molar-refractivity contribution in [3.63, 3.8) is 0 Å². The first-order valence-electron chi connectivity index (χ1n) is 7.00. The number of carbonyl (C=O) groups excluding carboxylic acids is 1. The van der Waals surface area contributed by atoms with Gasteiger partial charge in [0.2, 0.25) is 0 Å². The molecule has 0 aliphatic rings. The van der Waals surface area contributed by atoms with Crippen LogP contribution < -0.4 is 0 Å². The molecule has 1 aromatic carbocycles. The molecule has 0 amide bonds. The lowest BCUT2D eigenvalue weighted by Gasteiger charge is -2.10. The van der Waals surface area contributed by atoms with E-state index in [1.807, 2.05) is 24.4 Å². The third-order valence-corrected chi connectivity index (χ3v) is 3.95. The number of thiazole rings is 1. The maximum Gasteiger partial charge on any atom is 0.335 e. The summed E-state index contributed by atoms with van der Waals surface area (Å²) in [5.41, 5.74) is 3.02. The molecule has 22 heavy (non-hydrogen) atoms. The van der Waals surface area contributed by atoms with Crippen molar-refractivity contribution in [2.45, 2.75) is 26.6 Å². The fraction of sp³-hybridized carbons (Fsp3) is 0.294. The van der Waals surface area contributed by atoms with Crippen molar-refractivity contribution < 1.29 is 14.3 Å². The van der Waals surface area contributed by atoms with E-state index in [0.717, 1.165) is 16.3 Å². The largest absolute Gasteiger partial charge is 0.457 e. The highest BCUT2D eigenvalue weighted by atomic mass is 32.1. The Balaban J connectivity index is 1.91. The molecule has 0 radical (unpaired) electrons. The van der Waals surface area contributed by atoms with Gasteiger partial charge in [-0.15, -0.1) is 17.9 Å². The minimum absolute atomic E-state index is 0.156. The van der Waals surface area contributed by atoms with E-state index in [1.54, 1.807) is 13.0 Å². The highest BCUT2D eigenvalue weighted by Gasteiger charge is 2.15.